The molecule has 2 heterocycles. The van der Waals surface area contributed by atoms with E-state index in [1.807, 2.05) is 29.2 Å². The van der Waals surface area contributed by atoms with Crippen molar-refractivity contribution in [2.24, 2.45) is 5.92 Å². The van der Waals surface area contributed by atoms with Crippen LogP contribution in [0.5, 0.6) is 0 Å². The normalized spacial score (nSPS) is 19.0. The van der Waals surface area contributed by atoms with Crippen LogP contribution in [0.2, 0.25) is 0 Å². The van der Waals surface area contributed by atoms with E-state index in [0.29, 0.717) is 11.5 Å². The van der Waals surface area contributed by atoms with Gasteiger partial charge in [-0.05, 0) is 87.7 Å². The molecule has 0 atom stereocenters. The number of benzene rings is 1. The topological polar surface area (TPSA) is 47.6 Å². The maximum absolute atomic E-state index is 11.8. The van der Waals surface area contributed by atoms with E-state index >= 15 is 0 Å². The van der Waals surface area contributed by atoms with Crippen molar-refractivity contribution in [2.75, 3.05) is 42.9 Å². The lowest BCUT2D eigenvalue weighted by atomic mass is 9.99. The van der Waals surface area contributed by atoms with Crippen LogP contribution < -0.4 is 15.5 Å². The van der Waals surface area contributed by atoms with Crippen molar-refractivity contribution in [3.05, 3.63) is 24.3 Å². The van der Waals surface area contributed by atoms with E-state index in [0.717, 1.165) is 49.8 Å². The fraction of sp³-hybridized carbons (Fsp3) is 0.600. The van der Waals surface area contributed by atoms with Gasteiger partial charge in [-0.15, -0.1) is 0 Å². The van der Waals surface area contributed by atoms with Gasteiger partial charge in [0.1, 0.15) is 0 Å². The third-order valence-corrected chi connectivity index (χ3v) is 5.57. The molecule has 5 nitrogen and oxygen atoms in total. The minimum Gasteiger partial charge on any atom is -0.362 e. The minimum absolute atomic E-state index is 0.214. The number of carbonyl (C=O) groups is 1. The Morgan fingerprint density at radius 2 is 1.92 bits per heavy atom. The molecule has 142 valence electrons. The quantitative estimate of drug-likeness (QED) is 0.591. The first kappa shape index (κ1) is 19.1. The molecule has 1 aromatic carbocycles. The summed E-state index contributed by atoms with van der Waals surface area (Å²) in [5.74, 6) is 1.10. The fourth-order valence-electron chi connectivity index (χ4n) is 3.61. The number of piperidine rings is 1. The molecule has 2 aliphatic heterocycles. The van der Waals surface area contributed by atoms with Crippen LogP contribution in [0.25, 0.3) is 0 Å². The molecule has 2 saturated heterocycles. The molecule has 0 spiro atoms. The van der Waals surface area contributed by atoms with Gasteiger partial charge in [0.2, 0.25) is 5.91 Å². The molecule has 0 unspecified atom stereocenters. The van der Waals surface area contributed by atoms with Gasteiger partial charge in [-0.25, -0.2) is 0 Å². The van der Waals surface area contributed by atoms with Crippen molar-refractivity contribution >= 4 is 34.6 Å². The SMILES string of the molecule is CC1CCN(CCCNC(=S)Nc2ccc(N3CCCC3=O)cc2)CC1. The number of rotatable bonds is 6. The Hall–Kier alpha value is -1.66. The first-order valence-electron chi connectivity index (χ1n) is 9.79. The van der Waals surface area contributed by atoms with E-state index in [-0.39, 0.29) is 5.91 Å². The van der Waals surface area contributed by atoms with Gasteiger partial charge in [0.05, 0.1) is 0 Å². The Balaban J connectivity index is 1.35. The predicted molar refractivity (Wildman–Crippen MR) is 112 cm³/mol. The van der Waals surface area contributed by atoms with Crippen LogP contribution >= 0.6 is 12.2 Å². The molecule has 2 fully saturated rings. The van der Waals surface area contributed by atoms with E-state index < -0.39 is 0 Å². The number of carbonyl (C=O) groups excluding carboxylic acids is 1. The number of amides is 1. The smallest absolute Gasteiger partial charge is 0.227 e. The fourth-order valence-corrected chi connectivity index (χ4v) is 3.83. The van der Waals surface area contributed by atoms with Crippen LogP contribution in [0.1, 0.15) is 39.0 Å². The van der Waals surface area contributed by atoms with Gasteiger partial charge >= 0.3 is 0 Å². The zero-order valence-electron chi connectivity index (χ0n) is 15.7. The average Bonchev–Trinajstić information content (AvgIpc) is 3.07. The van der Waals surface area contributed by atoms with Crippen LogP contribution in [-0.2, 0) is 4.79 Å². The molecule has 1 amide bonds. The molecule has 1 aromatic rings. The maximum Gasteiger partial charge on any atom is 0.227 e. The third-order valence-electron chi connectivity index (χ3n) is 5.32. The van der Waals surface area contributed by atoms with E-state index in [2.05, 4.69) is 22.5 Å². The van der Waals surface area contributed by atoms with Crippen LogP contribution in [0.15, 0.2) is 24.3 Å². The Labute approximate surface area is 162 Å². The van der Waals surface area contributed by atoms with Crippen LogP contribution in [0, 0.1) is 5.92 Å². The summed E-state index contributed by atoms with van der Waals surface area (Å²) in [6.45, 7) is 7.66. The van der Waals surface area contributed by atoms with E-state index in [1.165, 1.54) is 25.9 Å². The van der Waals surface area contributed by atoms with Gasteiger partial charge in [-0.2, -0.15) is 0 Å². The van der Waals surface area contributed by atoms with Gasteiger partial charge in [0, 0.05) is 30.9 Å². The Bertz CT molecular complexity index is 611. The predicted octanol–water partition coefficient (Wildman–Crippen LogP) is 3.22. The van der Waals surface area contributed by atoms with Gasteiger partial charge < -0.3 is 20.4 Å². The average molecular weight is 375 g/mol. The number of thiocarbonyl (C=S) groups is 1. The first-order valence-corrected chi connectivity index (χ1v) is 10.2. The zero-order valence-corrected chi connectivity index (χ0v) is 16.5. The summed E-state index contributed by atoms with van der Waals surface area (Å²) in [5.41, 5.74) is 1.91. The lowest BCUT2D eigenvalue weighted by molar-refractivity contribution is -0.117. The van der Waals surface area contributed by atoms with E-state index in [9.17, 15) is 4.79 Å². The van der Waals surface area contributed by atoms with Gasteiger partial charge in [0.25, 0.3) is 0 Å². The highest BCUT2D eigenvalue weighted by molar-refractivity contribution is 7.80. The lowest BCUT2D eigenvalue weighted by Crippen LogP contribution is -2.36. The highest BCUT2D eigenvalue weighted by atomic mass is 32.1. The van der Waals surface area contributed by atoms with E-state index in [1.54, 1.807) is 0 Å². The van der Waals surface area contributed by atoms with Gasteiger partial charge in [-0.3, -0.25) is 4.79 Å². The van der Waals surface area contributed by atoms with Crippen molar-refractivity contribution in [1.82, 2.24) is 10.2 Å². The molecule has 3 rings (SSSR count). The second kappa shape index (κ2) is 9.33. The lowest BCUT2D eigenvalue weighted by Gasteiger charge is -2.30. The number of hydrogen-bond acceptors (Lipinski definition) is 3. The molecule has 0 bridgehead atoms. The second-order valence-corrected chi connectivity index (χ2v) is 7.86. The molecule has 2 aliphatic rings. The van der Waals surface area contributed by atoms with Crippen LogP contribution in [0.4, 0.5) is 11.4 Å². The highest BCUT2D eigenvalue weighted by Crippen LogP contribution is 2.23. The molecule has 2 N–H and O–H groups in total. The van der Waals surface area contributed by atoms with Crippen LogP contribution in [0.3, 0.4) is 0 Å². The number of likely N-dealkylation sites (tertiary alicyclic amines) is 1. The Morgan fingerprint density at radius 1 is 1.19 bits per heavy atom. The summed E-state index contributed by atoms with van der Waals surface area (Å²) in [4.78, 5) is 16.2. The number of nitrogens with zero attached hydrogens (tertiary/aromatic N) is 2. The monoisotopic (exact) mass is 374 g/mol. The molecular formula is C20H30N4OS. The van der Waals surface area contributed by atoms with Crippen molar-refractivity contribution in [3.8, 4) is 0 Å². The van der Waals surface area contributed by atoms with Gasteiger partial charge in [0.15, 0.2) is 5.11 Å². The minimum atomic E-state index is 0.214. The largest absolute Gasteiger partial charge is 0.362 e. The second-order valence-electron chi connectivity index (χ2n) is 7.45. The number of hydrogen-bond donors (Lipinski definition) is 2. The van der Waals surface area contributed by atoms with Crippen molar-refractivity contribution in [2.45, 2.75) is 39.0 Å². The van der Waals surface area contributed by atoms with Gasteiger partial charge in [-0.1, -0.05) is 6.92 Å². The number of nitrogens with one attached hydrogen (secondary N) is 2. The summed E-state index contributed by atoms with van der Waals surface area (Å²) in [6.07, 6.45) is 5.36. The molecule has 0 aromatic heterocycles. The number of anilines is 2. The molecule has 0 radical (unpaired) electrons. The Kier molecular flexibility index (Phi) is 6.86. The third kappa shape index (κ3) is 5.42. The van der Waals surface area contributed by atoms with Crippen LogP contribution in [-0.4, -0.2) is 48.6 Å². The maximum atomic E-state index is 11.8. The molecule has 0 aliphatic carbocycles. The molecular weight excluding hydrogens is 344 g/mol. The summed E-state index contributed by atoms with van der Waals surface area (Å²) in [5, 5.41) is 7.16. The van der Waals surface area contributed by atoms with Crippen molar-refractivity contribution < 1.29 is 4.79 Å². The van der Waals surface area contributed by atoms with Crippen molar-refractivity contribution in [1.29, 1.82) is 0 Å². The molecule has 0 saturated carbocycles. The standard InChI is InChI=1S/C20H30N4OS/c1-16-9-14-23(15-10-16)12-3-11-21-20(26)22-17-5-7-18(8-6-17)24-13-2-4-19(24)25/h5-8,16H,2-4,9-15H2,1H3,(H2,21,22,26). The summed E-state index contributed by atoms with van der Waals surface area (Å²) < 4.78 is 0. The summed E-state index contributed by atoms with van der Waals surface area (Å²) in [7, 11) is 0. The first-order chi connectivity index (χ1) is 12.6. The van der Waals surface area contributed by atoms with Crippen molar-refractivity contribution in [3.63, 3.8) is 0 Å². The summed E-state index contributed by atoms with van der Waals surface area (Å²) >= 11 is 5.38. The molecule has 6 heteroatoms. The highest BCUT2D eigenvalue weighted by Gasteiger charge is 2.21. The zero-order chi connectivity index (χ0) is 18.4. The summed E-state index contributed by atoms with van der Waals surface area (Å²) in [6, 6.07) is 7.91. The molecule has 26 heavy (non-hydrogen) atoms. The van der Waals surface area contributed by atoms with E-state index in [4.69, 9.17) is 12.2 Å². The Morgan fingerprint density at radius 3 is 2.58 bits per heavy atom.